The third kappa shape index (κ3) is 14.9. The van der Waals surface area contributed by atoms with E-state index in [1.54, 1.807) is 12.4 Å². The minimum Gasteiger partial charge on any atom is -0.395 e. The number of benzene rings is 3. The zero-order chi connectivity index (χ0) is 75.8. The molecule has 18 rings (SSSR count). The normalized spacial score (nSPS) is 17.0. The number of anilines is 6. The third-order valence-electron chi connectivity index (χ3n) is 21.3. The van der Waals surface area contributed by atoms with Gasteiger partial charge in [-0.2, -0.15) is 10.2 Å². The Bertz CT molecular complexity index is 5300. The van der Waals surface area contributed by atoms with Crippen LogP contribution in [-0.4, -0.2) is 169 Å². The molecule has 0 saturated carbocycles. The van der Waals surface area contributed by atoms with Gasteiger partial charge in [0.05, 0.1) is 113 Å². The first kappa shape index (κ1) is 72.8. The van der Waals surface area contributed by atoms with Gasteiger partial charge in [-0.05, 0) is 179 Å². The lowest BCUT2D eigenvalue weighted by Crippen LogP contribution is -2.23. The summed E-state index contributed by atoms with van der Waals surface area (Å²) in [4.78, 5) is 64.3. The topological polar surface area (TPSA) is 272 Å². The molecule has 3 fully saturated rings. The van der Waals surface area contributed by atoms with E-state index in [1.165, 1.54) is 23.3 Å². The second kappa shape index (κ2) is 31.3. The number of hydrogen-bond acceptors (Lipinski definition) is 19. The number of aryl methyl sites for hydroxylation is 2. The average Bonchev–Trinajstić information content (AvgIpc) is 1.60. The highest BCUT2D eigenvalue weighted by atomic mass is 19.1. The highest BCUT2D eigenvalue weighted by Crippen LogP contribution is 2.42. The zero-order valence-electron chi connectivity index (χ0n) is 62.8. The molecule has 25 nitrogen and oxygen atoms in total. The molecule has 564 valence electrons. The fourth-order valence-corrected chi connectivity index (χ4v) is 15.9. The summed E-state index contributed by atoms with van der Waals surface area (Å²) < 4.78 is 36.1. The molecule has 0 bridgehead atoms. The van der Waals surface area contributed by atoms with Crippen LogP contribution in [-0.2, 0) is 53.5 Å². The minimum atomic E-state index is -0.350. The molecule has 0 spiro atoms. The zero-order valence-corrected chi connectivity index (χ0v) is 62.8. The van der Waals surface area contributed by atoms with Crippen LogP contribution < -0.4 is 31.9 Å². The number of imidazole rings is 1. The number of amides is 3. The van der Waals surface area contributed by atoms with Gasteiger partial charge in [-0.15, -0.1) is 0 Å². The number of carbonyl (C=O) groups excluding carboxylic acids is 3. The number of nitrogens with zero attached hydrogens (tertiary/aromatic N) is 12. The fourth-order valence-electron chi connectivity index (χ4n) is 15.9. The van der Waals surface area contributed by atoms with Gasteiger partial charge in [0, 0.05) is 125 Å². The maximum atomic E-state index is 13.7. The molecule has 0 unspecified atom stereocenters. The Kier molecular flexibility index (Phi) is 20.7. The first-order valence-corrected chi connectivity index (χ1v) is 37.4. The summed E-state index contributed by atoms with van der Waals surface area (Å²) in [7, 11) is 10.2. The molecule has 7 N–H and O–H groups in total. The maximum absolute atomic E-state index is 13.7. The van der Waals surface area contributed by atoms with E-state index >= 15 is 0 Å². The predicted octanol–water partition coefficient (Wildman–Crippen LogP) is 12.0. The second-order valence-electron chi connectivity index (χ2n) is 29.7. The Balaban J connectivity index is 0.000000125. The van der Waals surface area contributed by atoms with Crippen LogP contribution in [0, 0.1) is 19.7 Å². The molecule has 6 aliphatic rings. The number of rotatable bonds is 20. The van der Waals surface area contributed by atoms with Crippen molar-refractivity contribution in [2.45, 2.75) is 90.1 Å². The van der Waals surface area contributed by atoms with E-state index < -0.39 is 0 Å². The van der Waals surface area contributed by atoms with Crippen LogP contribution >= 0.6 is 0 Å². The van der Waals surface area contributed by atoms with Crippen molar-refractivity contribution in [3.63, 3.8) is 0 Å². The number of halogens is 1. The van der Waals surface area contributed by atoms with Crippen LogP contribution in [0.15, 0.2) is 146 Å². The van der Waals surface area contributed by atoms with Crippen molar-refractivity contribution >= 4 is 68.9 Å². The van der Waals surface area contributed by atoms with Gasteiger partial charge >= 0.3 is 0 Å². The van der Waals surface area contributed by atoms with Crippen LogP contribution in [0.2, 0.25) is 0 Å². The van der Waals surface area contributed by atoms with Crippen LogP contribution in [0.3, 0.4) is 0 Å². The number of likely N-dealkylation sites (N-methyl/N-ethyl adjacent to an activating group) is 1. The summed E-state index contributed by atoms with van der Waals surface area (Å²) in [5.41, 5.74) is 24.1. The maximum Gasteiger partial charge on any atom is 0.254 e. The van der Waals surface area contributed by atoms with E-state index in [1.807, 2.05) is 135 Å². The SMILES string of the molecule is CN(CCO)Cc1nc(Nc2ccc(-c3cnc4cc(F)ccn34)c3c2C(=O)NC3)ccc1[C@H]1CCOC1.Cc1ccc2c(-c3ccc(Nc4ccc([C@@H]5CCOC5)c(CN(C)C)n4)c4c3CNC4=O)cnn2c1.Cc1ccc2c(-c3ccc(Nc4ccc([C@H]5CCOC5)c(CN(C)C)n4)c4c3CNC4=O)cnn2c1. The lowest BCUT2D eigenvalue weighted by molar-refractivity contribution is 0.0958. The van der Waals surface area contributed by atoms with Crippen LogP contribution in [0.5, 0.6) is 0 Å². The number of aliphatic hydroxyl groups excluding tert-OH is 1. The Morgan fingerprint density at radius 3 is 1.34 bits per heavy atom. The predicted molar refractivity (Wildman–Crippen MR) is 420 cm³/mol. The van der Waals surface area contributed by atoms with Gasteiger partial charge in [0.2, 0.25) is 0 Å². The lowest BCUT2D eigenvalue weighted by atomic mass is 9.95. The van der Waals surface area contributed by atoms with Crippen molar-refractivity contribution in [1.29, 1.82) is 0 Å². The highest BCUT2D eigenvalue weighted by molar-refractivity contribution is 6.08. The Labute approximate surface area is 636 Å². The molecule has 110 heavy (non-hydrogen) atoms. The standard InChI is InChI=1S/C28H29FN6O3.2C28H30N6O2/c1-34(9-10-36)15-23-19(17-7-11-38-16-17)3-5-25(33-23)32-22-4-2-20(21-13-31-28(37)27(21)22)24-14-30-26-12-18(29)6-8-35(24)26;2*1-17-4-8-25-21(13-30-34(25)14-17)20-5-7-23(27-22(20)12-29-28(27)35)31-26-9-6-19(18-10-11-36-16-18)24(32-26)15-33(2)3/h2-6,8,12,14,17,36H,7,9-11,13,15-16H2,1H3,(H,31,37)(H,32,33);2*4-9,13-14,18H,10-12,15-16H2,1-3H3,(H,29,35)(H,31,32)/t17-;2*18-/m010/s1. The van der Waals surface area contributed by atoms with Crippen LogP contribution in [0.25, 0.3) is 50.2 Å². The first-order chi connectivity index (χ1) is 53.5. The summed E-state index contributed by atoms with van der Waals surface area (Å²) >= 11 is 0. The molecule has 9 aromatic heterocycles. The quantitative estimate of drug-likeness (QED) is 0.0374. The molecule has 3 atom stereocenters. The molecular formula is C84H89FN18O7. The van der Waals surface area contributed by atoms with Gasteiger partial charge in [0.25, 0.3) is 17.7 Å². The summed E-state index contributed by atoms with van der Waals surface area (Å²) in [6, 6.07) is 35.4. The van der Waals surface area contributed by atoms with E-state index in [2.05, 4.69) is 111 Å². The number of fused-ring (bicyclic) bond motifs is 6. The fraction of sp³-hybridized carbons (Fsp3) is 0.321. The lowest BCUT2D eigenvalue weighted by Gasteiger charge is -2.21. The average molecular weight is 1480 g/mol. The largest absolute Gasteiger partial charge is 0.395 e. The summed E-state index contributed by atoms with van der Waals surface area (Å²) in [6.07, 6.45) is 14.1. The van der Waals surface area contributed by atoms with Gasteiger partial charge in [-0.1, -0.05) is 48.5 Å². The molecule has 15 heterocycles. The molecule has 0 radical (unpaired) electrons. The number of nitrogens with one attached hydrogen (secondary N) is 6. The number of hydrogen-bond donors (Lipinski definition) is 7. The van der Waals surface area contributed by atoms with E-state index in [9.17, 15) is 23.9 Å². The highest BCUT2D eigenvalue weighted by Gasteiger charge is 2.33. The summed E-state index contributed by atoms with van der Waals surface area (Å²) in [6.45, 7) is 12.7. The third-order valence-corrected chi connectivity index (χ3v) is 21.3. The Morgan fingerprint density at radius 2 is 0.927 bits per heavy atom. The van der Waals surface area contributed by atoms with Gasteiger partial charge in [0.15, 0.2) is 0 Å². The first-order valence-electron chi connectivity index (χ1n) is 37.4. The number of ether oxygens (including phenoxy) is 3. The smallest absolute Gasteiger partial charge is 0.254 e. The van der Waals surface area contributed by atoms with E-state index in [0.29, 0.717) is 90.9 Å². The van der Waals surface area contributed by atoms with E-state index in [4.69, 9.17) is 29.2 Å². The van der Waals surface area contributed by atoms with Gasteiger partial charge < -0.3 is 61.0 Å². The van der Waals surface area contributed by atoms with Gasteiger partial charge in [-0.25, -0.2) is 33.4 Å². The number of aliphatic hydroxyl groups is 1. The summed E-state index contributed by atoms with van der Waals surface area (Å²) in [5, 5.41) is 37.6. The van der Waals surface area contributed by atoms with Crippen molar-refractivity contribution in [2.24, 2.45) is 0 Å². The molecular weight excluding hydrogens is 1390 g/mol. The van der Waals surface area contributed by atoms with Crippen molar-refractivity contribution in [3.05, 3.63) is 230 Å². The molecule has 26 heteroatoms. The molecule has 0 aliphatic carbocycles. The van der Waals surface area contributed by atoms with Crippen LogP contribution in [0.1, 0.15) is 130 Å². The van der Waals surface area contributed by atoms with E-state index in [-0.39, 0.29) is 30.1 Å². The van der Waals surface area contributed by atoms with Gasteiger partial charge in [-0.3, -0.25) is 23.7 Å². The molecule has 3 aromatic carbocycles. The number of aromatic nitrogens is 9. The number of pyridine rings is 6. The molecule has 6 aliphatic heterocycles. The molecule has 3 saturated heterocycles. The minimum absolute atomic E-state index is 0.0742. The Morgan fingerprint density at radius 1 is 0.509 bits per heavy atom. The summed E-state index contributed by atoms with van der Waals surface area (Å²) in [5.74, 6) is 2.50. The van der Waals surface area contributed by atoms with Crippen molar-refractivity contribution in [1.82, 2.24) is 74.2 Å². The van der Waals surface area contributed by atoms with Crippen molar-refractivity contribution in [3.8, 4) is 33.5 Å². The van der Waals surface area contributed by atoms with Crippen molar-refractivity contribution < 1.29 is 38.1 Å². The molecule has 3 amide bonds. The van der Waals surface area contributed by atoms with E-state index in [0.717, 1.165) is 183 Å². The second-order valence-corrected chi connectivity index (χ2v) is 29.7. The van der Waals surface area contributed by atoms with Crippen LogP contribution in [0.4, 0.5) is 38.9 Å². The van der Waals surface area contributed by atoms with Gasteiger partial charge in [0.1, 0.15) is 28.9 Å². The van der Waals surface area contributed by atoms with Crippen molar-refractivity contribution in [2.75, 3.05) is 104 Å². The molecule has 12 aromatic rings. The Hall–Kier alpha value is -11.4. The monoisotopic (exact) mass is 1480 g/mol. The number of carbonyl (C=O) groups is 3.